The second-order valence-electron chi connectivity index (χ2n) is 6.85. The molecule has 0 aliphatic carbocycles. The van der Waals surface area contributed by atoms with Crippen LogP contribution in [0.5, 0.6) is 0 Å². The monoisotopic (exact) mass is 356 g/mol. The standard InChI is InChI=1S/C21H24O5/c22-13-16(23)19-20-18(25-21(26-19)15-9-5-2-6-10-15)12-11-17(24-20)14-7-3-1-4-8-14/h1-10,16-23H,11-13H2. The van der Waals surface area contributed by atoms with Gasteiger partial charge in [0.15, 0.2) is 6.29 Å². The van der Waals surface area contributed by atoms with E-state index >= 15 is 0 Å². The molecule has 2 aromatic rings. The molecule has 0 saturated carbocycles. The predicted molar refractivity (Wildman–Crippen MR) is 95.3 cm³/mol. The van der Waals surface area contributed by atoms with Crippen molar-refractivity contribution in [2.75, 3.05) is 6.61 Å². The van der Waals surface area contributed by atoms with E-state index in [1.807, 2.05) is 60.7 Å². The Bertz CT molecular complexity index is 690. The average Bonchev–Trinajstić information content (AvgIpc) is 2.73. The molecule has 2 aliphatic heterocycles. The Morgan fingerprint density at radius 1 is 0.846 bits per heavy atom. The first-order chi connectivity index (χ1) is 12.8. The van der Waals surface area contributed by atoms with Crippen molar-refractivity contribution in [2.45, 2.75) is 49.7 Å². The topological polar surface area (TPSA) is 68.2 Å². The second kappa shape index (κ2) is 7.86. The van der Waals surface area contributed by atoms with Gasteiger partial charge < -0.3 is 24.4 Å². The summed E-state index contributed by atoms with van der Waals surface area (Å²) in [5.74, 6) is 0. The third-order valence-corrected chi connectivity index (χ3v) is 5.11. The molecule has 0 radical (unpaired) electrons. The molecule has 6 atom stereocenters. The van der Waals surface area contributed by atoms with Crippen molar-refractivity contribution in [3.8, 4) is 0 Å². The lowest BCUT2D eigenvalue weighted by Gasteiger charge is -2.47. The first kappa shape index (κ1) is 17.6. The molecule has 5 nitrogen and oxygen atoms in total. The molecule has 0 aromatic heterocycles. The zero-order chi connectivity index (χ0) is 17.9. The number of hydrogen-bond acceptors (Lipinski definition) is 5. The Kier molecular flexibility index (Phi) is 5.33. The van der Waals surface area contributed by atoms with Gasteiger partial charge in [-0.3, -0.25) is 0 Å². The largest absolute Gasteiger partial charge is 0.394 e. The molecule has 2 saturated heterocycles. The molecule has 0 amide bonds. The van der Waals surface area contributed by atoms with E-state index in [-0.39, 0.29) is 18.8 Å². The summed E-state index contributed by atoms with van der Waals surface area (Å²) >= 11 is 0. The molecule has 4 rings (SSSR count). The minimum absolute atomic E-state index is 0.0636. The molecule has 5 heteroatoms. The van der Waals surface area contributed by atoms with Crippen LogP contribution in [-0.2, 0) is 14.2 Å². The molecule has 6 unspecified atom stereocenters. The summed E-state index contributed by atoms with van der Waals surface area (Å²) < 4.78 is 18.4. The highest BCUT2D eigenvalue weighted by Gasteiger charge is 2.47. The molecular weight excluding hydrogens is 332 g/mol. The molecule has 2 fully saturated rings. The number of fused-ring (bicyclic) bond motifs is 1. The molecule has 26 heavy (non-hydrogen) atoms. The molecule has 2 aromatic carbocycles. The molecule has 0 bridgehead atoms. The Balaban J connectivity index is 1.56. The van der Waals surface area contributed by atoms with Crippen LogP contribution in [0.4, 0.5) is 0 Å². The Hall–Kier alpha value is -1.76. The van der Waals surface area contributed by atoms with Gasteiger partial charge in [-0.2, -0.15) is 0 Å². The molecule has 0 spiro atoms. The van der Waals surface area contributed by atoms with Crippen molar-refractivity contribution in [1.82, 2.24) is 0 Å². The lowest BCUT2D eigenvalue weighted by Crippen LogP contribution is -2.56. The van der Waals surface area contributed by atoms with Crippen LogP contribution < -0.4 is 0 Å². The van der Waals surface area contributed by atoms with Crippen molar-refractivity contribution in [3.05, 3.63) is 71.8 Å². The van der Waals surface area contributed by atoms with Crippen molar-refractivity contribution >= 4 is 0 Å². The summed E-state index contributed by atoms with van der Waals surface area (Å²) in [5.41, 5.74) is 2.00. The van der Waals surface area contributed by atoms with E-state index in [0.717, 1.165) is 24.0 Å². The Morgan fingerprint density at radius 2 is 1.50 bits per heavy atom. The van der Waals surface area contributed by atoms with Crippen LogP contribution in [0, 0.1) is 0 Å². The van der Waals surface area contributed by atoms with Gasteiger partial charge in [0.25, 0.3) is 0 Å². The lowest BCUT2D eigenvalue weighted by atomic mass is 9.91. The van der Waals surface area contributed by atoms with Crippen LogP contribution in [0.15, 0.2) is 60.7 Å². The fraction of sp³-hybridized carbons (Fsp3) is 0.429. The van der Waals surface area contributed by atoms with Gasteiger partial charge in [-0.05, 0) is 18.4 Å². The first-order valence-electron chi connectivity index (χ1n) is 9.11. The number of aliphatic hydroxyl groups is 2. The molecule has 138 valence electrons. The molecular formula is C21H24O5. The lowest BCUT2D eigenvalue weighted by molar-refractivity contribution is -0.333. The summed E-state index contributed by atoms with van der Waals surface area (Å²) in [5, 5.41) is 19.8. The van der Waals surface area contributed by atoms with Crippen LogP contribution in [0.2, 0.25) is 0 Å². The molecule has 2 aliphatic rings. The number of benzene rings is 2. The van der Waals surface area contributed by atoms with Crippen LogP contribution >= 0.6 is 0 Å². The summed E-state index contributed by atoms with van der Waals surface area (Å²) in [6, 6.07) is 19.7. The van der Waals surface area contributed by atoms with Crippen molar-refractivity contribution in [3.63, 3.8) is 0 Å². The minimum Gasteiger partial charge on any atom is -0.394 e. The van der Waals surface area contributed by atoms with Crippen molar-refractivity contribution < 1.29 is 24.4 Å². The van der Waals surface area contributed by atoms with Gasteiger partial charge in [0, 0.05) is 5.56 Å². The molecule has 2 heterocycles. The van der Waals surface area contributed by atoms with Gasteiger partial charge in [0.1, 0.15) is 18.3 Å². The highest BCUT2D eigenvalue weighted by atomic mass is 16.7. The van der Waals surface area contributed by atoms with Gasteiger partial charge in [-0.15, -0.1) is 0 Å². The van der Waals surface area contributed by atoms with E-state index in [4.69, 9.17) is 14.2 Å². The highest BCUT2D eigenvalue weighted by molar-refractivity contribution is 5.19. The Labute approximate surface area is 153 Å². The summed E-state index contributed by atoms with van der Waals surface area (Å²) in [6.45, 7) is -0.380. The second-order valence-corrected chi connectivity index (χ2v) is 6.85. The van der Waals surface area contributed by atoms with Crippen LogP contribution in [0.1, 0.15) is 36.4 Å². The van der Waals surface area contributed by atoms with Crippen molar-refractivity contribution in [2.24, 2.45) is 0 Å². The van der Waals surface area contributed by atoms with Gasteiger partial charge in [-0.25, -0.2) is 0 Å². The number of aliphatic hydroxyl groups excluding tert-OH is 2. The normalized spacial score (nSPS) is 32.6. The predicted octanol–water partition coefficient (Wildman–Crippen LogP) is 2.74. The van der Waals surface area contributed by atoms with E-state index in [1.54, 1.807) is 0 Å². The maximum atomic E-state index is 10.3. The summed E-state index contributed by atoms with van der Waals surface area (Å²) in [7, 11) is 0. The fourth-order valence-corrected chi connectivity index (χ4v) is 3.76. The third kappa shape index (κ3) is 3.54. The van der Waals surface area contributed by atoms with Gasteiger partial charge in [0.05, 0.1) is 18.8 Å². The highest BCUT2D eigenvalue weighted by Crippen LogP contribution is 2.41. The van der Waals surface area contributed by atoms with Gasteiger partial charge in [-0.1, -0.05) is 60.7 Å². The van der Waals surface area contributed by atoms with Gasteiger partial charge in [0.2, 0.25) is 0 Å². The van der Waals surface area contributed by atoms with E-state index in [1.165, 1.54) is 0 Å². The van der Waals surface area contributed by atoms with Crippen LogP contribution in [-0.4, -0.2) is 41.2 Å². The maximum absolute atomic E-state index is 10.3. The Morgan fingerprint density at radius 3 is 2.15 bits per heavy atom. The summed E-state index contributed by atoms with van der Waals surface area (Å²) in [4.78, 5) is 0. The molecule has 2 N–H and O–H groups in total. The van der Waals surface area contributed by atoms with Crippen LogP contribution in [0.3, 0.4) is 0 Å². The van der Waals surface area contributed by atoms with E-state index in [2.05, 4.69) is 0 Å². The maximum Gasteiger partial charge on any atom is 0.184 e. The van der Waals surface area contributed by atoms with E-state index < -0.39 is 24.6 Å². The fourth-order valence-electron chi connectivity index (χ4n) is 3.76. The van der Waals surface area contributed by atoms with Crippen LogP contribution in [0.25, 0.3) is 0 Å². The first-order valence-corrected chi connectivity index (χ1v) is 9.11. The van der Waals surface area contributed by atoms with Crippen molar-refractivity contribution in [1.29, 1.82) is 0 Å². The smallest absolute Gasteiger partial charge is 0.184 e. The average molecular weight is 356 g/mol. The van der Waals surface area contributed by atoms with Gasteiger partial charge >= 0.3 is 0 Å². The number of ether oxygens (including phenoxy) is 3. The van der Waals surface area contributed by atoms with E-state index in [9.17, 15) is 10.2 Å². The quantitative estimate of drug-likeness (QED) is 0.882. The third-order valence-electron chi connectivity index (χ3n) is 5.11. The minimum atomic E-state index is -1.02. The van der Waals surface area contributed by atoms with E-state index in [0.29, 0.717) is 0 Å². The summed E-state index contributed by atoms with van der Waals surface area (Å²) in [6.07, 6.45) is -1.24. The zero-order valence-corrected chi connectivity index (χ0v) is 14.5. The zero-order valence-electron chi connectivity index (χ0n) is 14.5. The number of rotatable bonds is 4. The SMILES string of the molecule is OCC(O)C1OC(c2ccccc2)OC2CCC(c3ccccc3)OC21. The number of hydrogen-bond donors (Lipinski definition) is 2.